The summed E-state index contributed by atoms with van der Waals surface area (Å²) in [6.07, 6.45) is 18.1. The third-order valence-corrected chi connectivity index (χ3v) is 9.77. The van der Waals surface area contributed by atoms with Crippen molar-refractivity contribution in [1.82, 2.24) is 0 Å². The van der Waals surface area contributed by atoms with Crippen LogP contribution in [-0.4, -0.2) is 0 Å². The van der Waals surface area contributed by atoms with Crippen molar-refractivity contribution in [1.29, 1.82) is 0 Å². The third kappa shape index (κ3) is 4.78. The van der Waals surface area contributed by atoms with E-state index >= 15 is 0 Å². The van der Waals surface area contributed by atoms with Gasteiger partial charge in [0.1, 0.15) is 0 Å². The smallest absolute Gasteiger partial charge is 0.0292 e. The number of rotatable bonds is 5. The topological polar surface area (TPSA) is 0 Å². The first-order chi connectivity index (χ1) is 12.8. The minimum absolute atomic E-state index is 0.485. The second kappa shape index (κ2) is 9.21. The van der Waals surface area contributed by atoms with Gasteiger partial charge in [-0.05, 0) is 65.6 Å². The number of hydrogen-bond donors (Lipinski definition) is 0. The normalized spacial score (nSPS) is 36.1. The SMILES string of the molecule is CC1CC(C)C(C(C)(C)C(C)C(C2CCCCC2)C2CCCCC2)C(C)C1. The van der Waals surface area contributed by atoms with Crippen LogP contribution in [0.1, 0.15) is 119 Å². The molecule has 158 valence electrons. The van der Waals surface area contributed by atoms with Gasteiger partial charge >= 0.3 is 0 Å². The maximum absolute atomic E-state index is 2.70. The van der Waals surface area contributed by atoms with Crippen molar-refractivity contribution in [2.75, 3.05) is 0 Å². The number of hydrogen-bond acceptors (Lipinski definition) is 0. The molecular weight excluding hydrogens is 324 g/mol. The molecule has 0 aromatic carbocycles. The molecule has 3 saturated carbocycles. The van der Waals surface area contributed by atoms with E-state index in [0.717, 1.165) is 47.3 Å². The molecule has 0 heteroatoms. The van der Waals surface area contributed by atoms with Crippen LogP contribution >= 0.6 is 0 Å². The summed E-state index contributed by atoms with van der Waals surface area (Å²) < 4.78 is 0. The Morgan fingerprint density at radius 3 is 1.48 bits per heavy atom. The van der Waals surface area contributed by atoms with Crippen LogP contribution in [0.5, 0.6) is 0 Å². The Balaban J connectivity index is 1.83. The minimum atomic E-state index is 0.485. The van der Waals surface area contributed by atoms with E-state index in [4.69, 9.17) is 0 Å². The van der Waals surface area contributed by atoms with E-state index in [1.54, 1.807) is 0 Å². The van der Waals surface area contributed by atoms with E-state index in [0.29, 0.717) is 5.41 Å². The zero-order valence-electron chi connectivity index (χ0n) is 19.6. The van der Waals surface area contributed by atoms with Crippen molar-refractivity contribution < 1.29 is 0 Å². The summed E-state index contributed by atoms with van der Waals surface area (Å²) in [5.74, 6) is 7.60. The fourth-order valence-electron chi connectivity index (χ4n) is 8.73. The first-order valence-corrected chi connectivity index (χ1v) is 12.8. The van der Waals surface area contributed by atoms with Crippen LogP contribution in [0.25, 0.3) is 0 Å². The summed E-state index contributed by atoms with van der Waals surface area (Å²) in [6.45, 7) is 15.7. The van der Waals surface area contributed by atoms with Gasteiger partial charge in [0.25, 0.3) is 0 Å². The Bertz CT molecular complexity index is 407. The largest absolute Gasteiger partial charge is 0.0625 e. The van der Waals surface area contributed by atoms with Gasteiger partial charge in [-0.2, -0.15) is 0 Å². The zero-order chi connectivity index (χ0) is 19.6. The lowest BCUT2D eigenvalue weighted by Crippen LogP contribution is -2.47. The Labute approximate surface area is 171 Å². The van der Waals surface area contributed by atoms with Gasteiger partial charge in [0.2, 0.25) is 0 Å². The van der Waals surface area contributed by atoms with Crippen LogP contribution in [0.15, 0.2) is 0 Å². The predicted octanol–water partition coefficient (Wildman–Crippen LogP) is 8.74. The lowest BCUT2D eigenvalue weighted by molar-refractivity contribution is -0.0529. The van der Waals surface area contributed by atoms with Crippen LogP contribution in [0.2, 0.25) is 0 Å². The maximum Gasteiger partial charge on any atom is -0.0292 e. The third-order valence-electron chi connectivity index (χ3n) is 9.77. The first-order valence-electron chi connectivity index (χ1n) is 12.8. The average Bonchev–Trinajstić information content (AvgIpc) is 2.62. The quantitative estimate of drug-likeness (QED) is 0.451. The molecule has 3 fully saturated rings. The van der Waals surface area contributed by atoms with E-state index in [1.165, 1.54) is 77.0 Å². The van der Waals surface area contributed by atoms with Crippen LogP contribution < -0.4 is 0 Å². The Hall–Kier alpha value is 0. The van der Waals surface area contributed by atoms with Gasteiger partial charge in [0, 0.05) is 0 Å². The van der Waals surface area contributed by atoms with Crippen molar-refractivity contribution in [3.8, 4) is 0 Å². The molecule has 0 N–H and O–H groups in total. The molecule has 0 aromatic rings. The second-order valence-electron chi connectivity index (χ2n) is 12.0. The molecule has 3 rings (SSSR count). The molecule has 3 unspecified atom stereocenters. The summed E-state index contributed by atoms with van der Waals surface area (Å²) >= 11 is 0. The van der Waals surface area contributed by atoms with Crippen molar-refractivity contribution in [3.63, 3.8) is 0 Å². The molecule has 3 aliphatic carbocycles. The van der Waals surface area contributed by atoms with Gasteiger partial charge in [-0.15, -0.1) is 0 Å². The van der Waals surface area contributed by atoms with E-state index in [9.17, 15) is 0 Å². The molecule has 0 aliphatic heterocycles. The summed E-state index contributed by atoms with van der Waals surface area (Å²) in [5.41, 5.74) is 0.485. The molecule has 3 aliphatic rings. The molecule has 0 spiro atoms. The van der Waals surface area contributed by atoms with Crippen molar-refractivity contribution >= 4 is 0 Å². The van der Waals surface area contributed by atoms with Crippen LogP contribution in [0, 0.1) is 52.8 Å². The van der Waals surface area contributed by atoms with Gasteiger partial charge in [-0.1, -0.05) is 106 Å². The van der Waals surface area contributed by atoms with E-state index < -0.39 is 0 Å². The summed E-state index contributed by atoms with van der Waals surface area (Å²) in [7, 11) is 0. The van der Waals surface area contributed by atoms with E-state index in [1.807, 2.05) is 0 Å². The van der Waals surface area contributed by atoms with Crippen molar-refractivity contribution in [2.24, 2.45) is 52.8 Å². The van der Waals surface area contributed by atoms with Crippen LogP contribution in [0.3, 0.4) is 0 Å². The molecule has 0 bridgehead atoms. The van der Waals surface area contributed by atoms with Gasteiger partial charge in [0.15, 0.2) is 0 Å². The Kier molecular flexibility index (Phi) is 7.40. The zero-order valence-corrected chi connectivity index (χ0v) is 19.6. The molecule has 0 amide bonds. The summed E-state index contributed by atoms with van der Waals surface area (Å²) in [4.78, 5) is 0. The predicted molar refractivity (Wildman–Crippen MR) is 120 cm³/mol. The Morgan fingerprint density at radius 2 is 1.07 bits per heavy atom. The molecule has 0 radical (unpaired) electrons. The van der Waals surface area contributed by atoms with Crippen molar-refractivity contribution in [2.45, 2.75) is 119 Å². The molecule has 0 aromatic heterocycles. The maximum atomic E-state index is 2.70. The van der Waals surface area contributed by atoms with Gasteiger partial charge in [0.05, 0.1) is 0 Å². The van der Waals surface area contributed by atoms with Gasteiger partial charge in [-0.25, -0.2) is 0 Å². The van der Waals surface area contributed by atoms with E-state index in [2.05, 4.69) is 41.5 Å². The first kappa shape index (κ1) is 21.7. The second-order valence-corrected chi connectivity index (χ2v) is 12.0. The molecule has 27 heavy (non-hydrogen) atoms. The van der Waals surface area contributed by atoms with Crippen LogP contribution in [-0.2, 0) is 0 Å². The highest BCUT2D eigenvalue weighted by Gasteiger charge is 2.48. The molecule has 3 atom stereocenters. The summed E-state index contributed by atoms with van der Waals surface area (Å²) in [6, 6.07) is 0. The lowest BCUT2D eigenvalue weighted by Gasteiger charge is -2.54. The minimum Gasteiger partial charge on any atom is -0.0625 e. The monoisotopic (exact) mass is 374 g/mol. The Morgan fingerprint density at radius 1 is 0.667 bits per heavy atom. The lowest BCUT2D eigenvalue weighted by atomic mass is 9.51. The highest BCUT2D eigenvalue weighted by atomic mass is 14.5. The molecule has 0 nitrogen and oxygen atoms in total. The molecule has 0 heterocycles. The van der Waals surface area contributed by atoms with E-state index in [-0.39, 0.29) is 0 Å². The molecular formula is C27H50. The summed E-state index contributed by atoms with van der Waals surface area (Å²) in [5, 5.41) is 0. The van der Waals surface area contributed by atoms with Crippen LogP contribution in [0.4, 0.5) is 0 Å². The van der Waals surface area contributed by atoms with Gasteiger partial charge < -0.3 is 0 Å². The fourth-order valence-corrected chi connectivity index (χ4v) is 8.73. The average molecular weight is 375 g/mol. The van der Waals surface area contributed by atoms with Gasteiger partial charge in [-0.3, -0.25) is 0 Å². The van der Waals surface area contributed by atoms with Crippen molar-refractivity contribution in [3.05, 3.63) is 0 Å². The highest BCUT2D eigenvalue weighted by molar-refractivity contribution is 4.97. The highest BCUT2D eigenvalue weighted by Crippen LogP contribution is 2.55. The molecule has 0 saturated heterocycles. The fraction of sp³-hybridized carbons (Fsp3) is 1.00. The standard InChI is InChI=1S/C27H50/c1-19-17-20(2)26(21(3)18-19)27(5,6)22(4)25(23-13-9-7-10-14-23)24-15-11-8-12-16-24/h19-26H,7-18H2,1-6H3.